The van der Waals surface area contributed by atoms with Crippen LogP contribution >= 0.6 is 0 Å². The zero-order valence-electron chi connectivity index (χ0n) is 6.22. The Balaban J connectivity index is 3.14. The van der Waals surface area contributed by atoms with Gasteiger partial charge in [0.05, 0.1) is 7.11 Å². The van der Waals surface area contributed by atoms with Crippen molar-refractivity contribution in [2.75, 3.05) is 7.11 Å². The van der Waals surface area contributed by atoms with Crippen LogP contribution in [0.5, 0.6) is 5.75 Å². The van der Waals surface area contributed by atoms with E-state index in [4.69, 9.17) is 12.6 Å². The Morgan fingerprint density at radius 3 is 2.60 bits per heavy atom. The third kappa shape index (κ3) is 1.15. The average molecular weight is 132 g/mol. The van der Waals surface area contributed by atoms with Crippen LogP contribution in [-0.2, 0) is 0 Å². The highest BCUT2D eigenvalue weighted by atomic mass is 16.5. The van der Waals surface area contributed by atoms with E-state index < -0.39 is 0 Å². The van der Waals surface area contributed by atoms with Crippen LogP contribution in [0.4, 0.5) is 0 Å². The molecule has 1 aromatic carbocycles. The Bertz CT molecular complexity index is 233. The largest absolute Gasteiger partial charge is 0.497 e. The Morgan fingerprint density at radius 1 is 1.40 bits per heavy atom. The average Bonchev–Trinajstić information content (AvgIpc) is 1.95. The Labute approximate surface area is 62.4 Å². The molecule has 50 valence electrons. The molecule has 0 N–H and O–H groups in total. The Morgan fingerprint density at radius 2 is 2.10 bits per heavy atom. The van der Waals surface area contributed by atoms with E-state index in [1.54, 1.807) is 7.11 Å². The molecule has 1 aromatic rings. The van der Waals surface area contributed by atoms with Crippen molar-refractivity contribution in [2.45, 2.75) is 6.92 Å². The van der Waals surface area contributed by atoms with Gasteiger partial charge in [-0.05, 0) is 18.6 Å². The first-order chi connectivity index (χ1) is 4.75. The van der Waals surface area contributed by atoms with Crippen LogP contribution in [0.3, 0.4) is 0 Å². The van der Waals surface area contributed by atoms with Crippen LogP contribution in [0, 0.1) is 6.92 Å². The van der Waals surface area contributed by atoms with Gasteiger partial charge in [-0.25, -0.2) is 0 Å². The van der Waals surface area contributed by atoms with Gasteiger partial charge in [0.25, 0.3) is 0 Å². The summed E-state index contributed by atoms with van der Waals surface area (Å²) in [4.78, 5) is 0. The van der Waals surface area contributed by atoms with Crippen LogP contribution in [0.25, 0.3) is 0 Å². The summed E-state index contributed by atoms with van der Waals surface area (Å²) in [6, 6.07) is 5.63. The second-order valence-electron chi connectivity index (χ2n) is 2.17. The predicted octanol–water partition coefficient (Wildman–Crippen LogP) is 0.797. The predicted molar refractivity (Wildman–Crippen MR) is 43.1 cm³/mol. The minimum Gasteiger partial charge on any atom is -0.497 e. The number of hydrogen-bond acceptors (Lipinski definition) is 1. The third-order valence-corrected chi connectivity index (χ3v) is 1.55. The van der Waals surface area contributed by atoms with Gasteiger partial charge >= 0.3 is 0 Å². The first kappa shape index (κ1) is 7.20. The van der Waals surface area contributed by atoms with E-state index in [1.807, 2.05) is 25.1 Å². The first-order valence-corrected chi connectivity index (χ1v) is 3.15. The van der Waals surface area contributed by atoms with Crippen molar-refractivity contribution in [3.8, 4) is 5.75 Å². The molecule has 0 aromatic heterocycles. The molecular weight excluding hydrogens is 123 g/mol. The Kier molecular flexibility index (Phi) is 2.00. The molecule has 2 heteroatoms. The van der Waals surface area contributed by atoms with Gasteiger partial charge < -0.3 is 4.74 Å². The number of hydrogen-bond donors (Lipinski definition) is 0. The van der Waals surface area contributed by atoms with Crippen molar-refractivity contribution in [2.24, 2.45) is 0 Å². The summed E-state index contributed by atoms with van der Waals surface area (Å²) in [5.74, 6) is 0.847. The molecule has 2 radical (unpaired) electrons. The minimum absolute atomic E-state index is 0.777. The first-order valence-electron chi connectivity index (χ1n) is 3.15. The van der Waals surface area contributed by atoms with Crippen molar-refractivity contribution in [3.05, 3.63) is 23.8 Å². The molecule has 0 aliphatic heterocycles. The quantitative estimate of drug-likeness (QED) is 0.513. The van der Waals surface area contributed by atoms with Gasteiger partial charge in [0.1, 0.15) is 13.6 Å². The molecule has 0 amide bonds. The zero-order chi connectivity index (χ0) is 7.56. The number of benzene rings is 1. The van der Waals surface area contributed by atoms with Crippen molar-refractivity contribution in [1.29, 1.82) is 0 Å². The number of methoxy groups -OCH3 is 1. The minimum atomic E-state index is 0.777. The Hall–Kier alpha value is -0.915. The topological polar surface area (TPSA) is 9.23 Å². The monoisotopic (exact) mass is 132 g/mol. The molecule has 0 aliphatic rings. The van der Waals surface area contributed by atoms with Crippen LogP contribution in [0.1, 0.15) is 5.56 Å². The summed E-state index contributed by atoms with van der Waals surface area (Å²) in [7, 11) is 7.26. The molecule has 10 heavy (non-hydrogen) atoms. The van der Waals surface area contributed by atoms with Gasteiger partial charge in [0.15, 0.2) is 0 Å². The van der Waals surface area contributed by atoms with E-state index in [9.17, 15) is 0 Å². The van der Waals surface area contributed by atoms with E-state index in [1.165, 1.54) is 0 Å². The molecule has 0 saturated carbocycles. The lowest BCUT2D eigenvalue weighted by Gasteiger charge is -2.05. The van der Waals surface area contributed by atoms with Crippen LogP contribution < -0.4 is 10.2 Å². The normalized spacial score (nSPS) is 9.40. The molecule has 0 fully saturated rings. The zero-order valence-corrected chi connectivity index (χ0v) is 6.22. The highest BCUT2D eigenvalue weighted by Crippen LogP contribution is 2.12. The summed E-state index contributed by atoms with van der Waals surface area (Å²) in [6.45, 7) is 1.94. The summed E-state index contributed by atoms with van der Waals surface area (Å²) < 4.78 is 5.05. The van der Waals surface area contributed by atoms with E-state index in [-0.39, 0.29) is 0 Å². The second-order valence-corrected chi connectivity index (χ2v) is 2.17. The lowest BCUT2D eigenvalue weighted by atomic mass is 9.91. The molecule has 0 unspecified atom stereocenters. The molecule has 0 saturated heterocycles. The fraction of sp³-hybridized carbons (Fsp3) is 0.250. The molecule has 0 heterocycles. The highest BCUT2D eigenvalue weighted by Gasteiger charge is 1.96. The maximum absolute atomic E-state index is 5.62. The molecule has 0 bridgehead atoms. The van der Waals surface area contributed by atoms with E-state index in [0.29, 0.717) is 0 Å². The smallest absolute Gasteiger partial charge is 0.121 e. The fourth-order valence-electron chi connectivity index (χ4n) is 0.853. The summed E-state index contributed by atoms with van der Waals surface area (Å²) in [5.41, 5.74) is 1.78. The van der Waals surface area contributed by atoms with Gasteiger partial charge in [0, 0.05) is 0 Å². The van der Waals surface area contributed by atoms with Crippen molar-refractivity contribution in [3.63, 3.8) is 0 Å². The maximum atomic E-state index is 5.62. The van der Waals surface area contributed by atoms with E-state index in [2.05, 4.69) is 0 Å². The van der Waals surface area contributed by atoms with Crippen molar-refractivity contribution in [1.82, 2.24) is 0 Å². The van der Waals surface area contributed by atoms with E-state index in [0.717, 1.165) is 16.8 Å². The molecule has 0 aliphatic carbocycles. The van der Waals surface area contributed by atoms with Gasteiger partial charge in [-0.1, -0.05) is 17.6 Å². The summed E-state index contributed by atoms with van der Waals surface area (Å²) in [6.07, 6.45) is 0. The van der Waals surface area contributed by atoms with Gasteiger partial charge in [0.2, 0.25) is 0 Å². The lowest BCUT2D eigenvalue weighted by molar-refractivity contribution is 0.412. The number of ether oxygens (including phenoxy) is 1. The van der Waals surface area contributed by atoms with Crippen LogP contribution in [0.2, 0.25) is 0 Å². The second kappa shape index (κ2) is 2.78. The molecule has 0 spiro atoms. The van der Waals surface area contributed by atoms with Crippen molar-refractivity contribution >= 4 is 13.3 Å². The van der Waals surface area contributed by atoms with E-state index >= 15 is 0 Å². The third-order valence-electron chi connectivity index (χ3n) is 1.55. The molecule has 0 atom stereocenters. The van der Waals surface area contributed by atoms with Gasteiger partial charge in [-0.3, -0.25) is 0 Å². The number of rotatable bonds is 1. The summed E-state index contributed by atoms with van der Waals surface area (Å²) >= 11 is 0. The van der Waals surface area contributed by atoms with Crippen molar-refractivity contribution < 1.29 is 4.74 Å². The van der Waals surface area contributed by atoms with Gasteiger partial charge in [-0.15, -0.1) is 0 Å². The molecular formula is C8H9BO. The fourth-order valence-corrected chi connectivity index (χ4v) is 0.853. The molecule has 1 nitrogen and oxygen atoms in total. The van der Waals surface area contributed by atoms with Crippen LogP contribution in [-0.4, -0.2) is 15.0 Å². The maximum Gasteiger partial charge on any atom is 0.121 e. The van der Waals surface area contributed by atoms with Crippen LogP contribution in [0.15, 0.2) is 18.2 Å². The lowest BCUT2D eigenvalue weighted by Crippen LogP contribution is -2.07. The van der Waals surface area contributed by atoms with Gasteiger partial charge in [-0.2, -0.15) is 0 Å². The molecule has 1 rings (SSSR count). The SMILES string of the molecule is [B]c1cccc(OC)c1C. The summed E-state index contributed by atoms with van der Waals surface area (Å²) in [5, 5.41) is 0. The standard InChI is InChI=1S/C8H9BO/c1-6-7(9)4-3-5-8(6)10-2/h3-5H,1-2H3. The highest BCUT2D eigenvalue weighted by molar-refractivity contribution is 6.33.